The normalized spacial score (nSPS) is 14.1. The van der Waals surface area contributed by atoms with Crippen molar-refractivity contribution in [2.24, 2.45) is 0 Å². The molecule has 17 rings (SSSR count). The van der Waals surface area contributed by atoms with Gasteiger partial charge in [0, 0.05) is 92.4 Å². The Morgan fingerprint density at radius 3 is 0.400 bits per heavy atom. The molecular formula is C108H88O12. The molecule has 0 fully saturated rings. The van der Waals surface area contributed by atoms with Crippen molar-refractivity contribution in [3.05, 3.63) is 500 Å². The molecule has 592 valence electrons. The van der Waals surface area contributed by atoms with E-state index in [4.69, 9.17) is 37.9 Å². The van der Waals surface area contributed by atoms with Crippen LogP contribution in [0.2, 0.25) is 0 Å². The molecule has 1 aliphatic carbocycles. The molecule has 0 heterocycles. The van der Waals surface area contributed by atoms with E-state index in [1.807, 2.05) is 315 Å². The molecule has 12 heteroatoms. The predicted molar refractivity (Wildman–Crippen MR) is 468 cm³/mol. The van der Waals surface area contributed by atoms with Crippen LogP contribution in [-0.4, -0.2) is 20.4 Å². The van der Waals surface area contributed by atoms with Crippen LogP contribution in [0, 0.1) is 0 Å². The van der Waals surface area contributed by atoms with Gasteiger partial charge in [0.05, 0.1) is 0 Å². The molecule has 0 spiro atoms. The minimum absolute atomic E-state index is 0.0548. The Kier molecular flexibility index (Phi) is 23.9. The van der Waals surface area contributed by atoms with Gasteiger partial charge in [-0.1, -0.05) is 291 Å². The number of phenols is 4. The predicted octanol–water partition coefficient (Wildman–Crippen LogP) is 24.2. The second-order valence-electron chi connectivity index (χ2n) is 30.0. The third-order valence-electron chi connectivity index (χ3n) is 21.9. The van der Waals surface area contributed by atoms with Crippen molar-refractivity contribution in [1.82, 2.24) is 0 Å². The van der Waals surface area contributed by atoms with Crippen LogP contribution in [0.5, 0.6) is 69.0 Å². The van der Waals surface area contributed by atoms with Gasteiger partial charge in [0.2, 0.25) is 0 Å². The molecule has 1 aliphatic rings. The zero-order chi connectivity index (χ0) is 81.4. The number of phenolic OH excluding ortho intramolecular Hbond substituents is 4. The van der Waals surface area contributed by atoms with Gasteiger partial charge in [-0.05, 0) is 140 Å². The van der Waals surface area contributed by atoms with Crippen molar-refractivity contribution < 1.29 is 58.3 Å². The van der Waals surface area contributed by atoms with Crippen molar-refractivity contribution in [2.45, 2.75) is 76.5 Å². The van der Waals surface area contributed by atoms with Gasteiger partial charge in [0.25, 0.3) is 0 Å². The summed E-state index contributed by atoms with van der Waals surface area (Å²) in [5.41, 5.74) is 15.7. The summed E-state index contributed by atoms with van der Waals surface area (Å²) in [7, 11) is 0. The standard InChI is InChI=1S/C108H88O12/c109-85-49-41-81(42-50-85)105-89-57-90(98(114-66-74-27-11-2-12-28-74)61-97(89)113-65-73-25-9-1-10-26-73)106(82-43-51-86(110)52-44-82)93-59-94(102(118-70-78-35-19-6-20-36-78)63-101(93)117-69-77-33-17-5-18-34-77)108(84-47-55-88(112)56-48-84)96-60-95(103(119-71-79-37-21-7-22-38-79)64-104(96)120-72-80-39-23-8-24-40-80)107(83-45-53-87(111)54-46-83)92-58-91(105)99(115-67-75-29-13-3-14-30-75)62-100(92)116-68-76-31-15-4-16-32-76/h1-64,105-112H,65-72H2. The first-order valence-corrected chi connectivity index (χ1v) is 40.3. The molecule has 0 saturated heterocycles. The van der Waals surface area contributed by atoms with E-state index in [1.165, 1.54) is 0 Å². The SMILES string of the molecule is Oc1ccc(C2c3cc(c(OCc4ccccc4)cc3OCc3ccccc3)C(c3ccc(O)cc3)c3cc(c(OCc4ccccc4)cc3OCc3ccccc3)C(c3ccc(O)cc3)c3cc(c(OCc4ccccc4)cc3OCc3ccccc3)C(c3ccc(O)cc3)c3cc2c(OCc2ccccc2)cc3OCc2ccccc2)cc1. The monoisotopic (exact) mass is 1580 g/mol. The number of hydrogen-bond donors (Lipinski definition) is 4. The van der Waals surface area contributed by atoms with Crippen molar-refractivity contribution >= 4 is 0 Å². The van der Waals surface area contributed by atoms with Gasteiger partial charge in [-0.2, -0.15) is 0 Å². The van der Waals surface area contributed by atoms with E-state index >= 15 is 0 Å². The lowest BCUT2D eigenvalue weighted by Crippen LogP contribution is -2.17. The van der Waals surface area contributed by atoms with Crippen LogP contribution < -0.4 is 37.9 Å². The lowest BCUT2D eigenvalue weighted by Gasteiger charge is -2.33. The van der Waals surface area contributed by atoms with Crippen LogP contribution in [0.15, 0.2) is 388 Å². The average molecular weight is 1580 g/mol. The molecule has 4 N–H and O–H groups in total. The largest absolute Gasteiger partial charge is 0.508 e. The number of fused-ring (bicyclic) bond motifs is 8. The van der Waals surface area contributed by atoms with E-state index in [9.17, 15) is 20.4 Å². The number of ether oxygens (including phenoxy) is 8. The van der Waals surface area contributed by atoms with Crippen molar-refractivity contribution in [2.75, 3.05) is 0 Å². The van der Waals surface area contributed by atoms with E-state index in [2.05, 4.69) is 24.3 Å². The molecule has 0 radical (unpaired) electrons. The second-order valence-corrected chi connectivity index (χ2v) is 30.0. The summed E-state index contributed by atoms with van der Waals surface area (Å²) in [6.45, 7) is 1.08. The van der Waals surface area contributed by atoms with Crippen LogP contribution in [0.25, 0.3) is 0 Å². The number of aromatic hydroxyl groups is 4. The Bertz CT molecular complexity index is 5030. The van der Waals surface area contributed by atoms with E-state index in [-0.39, 0.29) is 75.9 Å². The average Bonchev–Trinajstić information content (AvgIpc) is 0.733. The smallest absolute Gasteiger partial charge is 0.127 e. The molecule has 120 heavy (non-hydrogen) atoms. The van der Waals surface area contributed by atoms with Crippen LogP contribution >= 0.6 is 0 Å². The van der Waals surface area contributed by atoms with E-state index in [0.717, 1.165) is 66.8 Å². The zero-order valence-corrected chi connectivity index (χ0v) is 66.0. The van der Waals surface area contributed by atoms with Crippen LogP contribution in [-0.2, 0) is 52.9 Å². The van der Waals surface area contributed by atoms with Crippen LogP contribution in [0.3, 0.4) is 0 Å². The highest BCUT2D eigenvalue weighted by Crippen LogP contribution is 2.56. The molecule has 0 atom stereocenters. The molecule has 0 amide bonds. The van der Waals surface area contributed by atoms with E-state index in [1.54, 1.807) is 48.5 Å². The molecule has 8 bridgehead atoms. The highest BCUT2D eigenvalue weighted by Gasteiger charge is 2.38. The third-order valence-corrected chi connectivity index (χ3v) is 21.9. The fraction of sp³-hybridized carbons (Fsp3) is 0.111. The number of benzene rings is 16. The summed E-state index contributed by atoms with van der Waals surface area (Å²) in [6, 6.07) is 127. The van der Waals surface area contributed by atoms with Crippen LogP contribution in [0.1, 0.15) is 135 Å². The Morgan fingerprint density at radius 1 is 0.150 bits per heavy atom. The quantitative estimate of drug-likeness (QED) is 0.0369. The summed E-state index contributed by atoms with van der Waals surface area (Å²) in [6.07, 6.45) is 0. The minimum Gasteiger partial charge on any atom is -0.508 e. The molecule has 16 aromatic rings. The summed E-state index contributed by atoms with van der Waals surface area (Å²) in [4.78, 5) is 0. The lowest BCUT2D eigenvalue weighted by atomic mass is 9.75. The first-order valence-electron chi connectivity index (χ1n) is 40.3. The Balaban J connectivity index is 1.07. The molecule has 0 aliphatic heterocycles. The van der Waals surface area contributed by atoms with Crippen molar-refractivity contribution in [1.29, 1.82) is 0 Å². The maximum atomic E-state index is 11.6. The summed E-state index contributed by atoms with van der Waals surface area (Å²) in [5.74, 6) is 0.497. The lowest BCUT2D eigenvalue weighted by molar-refractivity contribution is 0.280. The first kappa shape index (κ1) is 77.7. The fourth-order valence-corrected chi connectivity index (χ4v) is 15.8. The fourth-order valence-electron chi connectivity index (χ4n) is 15.8. The molecule has 16 aromatic carbocycles. The summed E-state index contributed by atoms with van der Waals surface area (Å²) >= 11 is 0. The zero-order valence-electron chi connectivity index (χ0n) is 66.0. The summed E-state index contributed by atoms with van der Waals surface area (Å²) < 4.78 is 60.2. The van der Waals surface area contributed by atoms with Crippen molar-refractivity contribution in [3.8, 4) is 69.0 Å². The van der Waals surface area contributed by atoms with Crippen LogP contribution in [0.4, 0.5) is 0 Å². The number of rotatable bonds is 28. The molecule has 12 nitrogen and oxygen atoms in total. The molecule has 0 saturated carbocycles. The van der Waals surface area contributed by atoms with Gasteiger partial charge in [-0.25, -0.2) is 0 Å². The first-order chi connectivity index (χ1) is 59.1. The Morgan fingerprint density at radius 2 is 0.275 bits per heavy atom. The van der Waals surface area contributed by atoms with Gasteiger partial charge < -0.3 is 58.3 Å². The van der Waals surface area contributed by atoms with Crippen molar-refractivity contribution in [3.63, 3.8) is 0 Å². The highest BCUT2D eigenvalue weighted by atomic mass is 16.5. The molecule has 0 unspecified atom stereocenters. The van der Waals surface area contributed by atoms with Gasteiger partial charge in [0.15, 0.2) is 0 Å². The highest BCUT2D eigenvalue weighted by molar-refractivity contribution is 5.69. The molecular weight excluding hydrogens is 1490 g/mol. The third kappa shape index (κ3) is 18.5. The van der Waals surface area contributed by atoms with Gasteiger partial charge in [0.1, 0.15) is 122 Å². The van der Waals surface area contributed by atoms with E-state index in [0.29, 0.717) is 90.5 Å². The number of hydrogen-bond acceptors (Lipinski definition) is 12. The second kappa shape index (κ2) is 36.9. The van der Waals surface area contributed by atoms with Gasteiger partial charge in [-0.3, -0.25) is 0 Å². The minimum atomic E-state index is -0.866. The molecule has 0 aromatic heterocycles. The maximum absolute atomic E-state index is 11.6. The van der Waals surface area contributed by atoms with Gasteiger partial charge >= 0.3 is 0 Å². The Labute approximate surface area is 699 Å². The summed E-state index contributed by atoms with van der Waals surface area (Å²) in [5, 5.41) is 46.5. The maximum Gasteiger partial charge on any atom is 0.127 e. The van der Waals surface area contributed by atoms with E-state index < -0.39 is 23.7 Å². The van der Waals surface area contributed by atoms with Gasteiger partial charge in [-0.15, -0.1) is 0 Å². The topological polar surface area (TPSA) is 155 Å². The Hall–Kier alpha value is -14.9.